The largest absolute Gasteiger partial charge is 0.486 e. The number of nitrogens with zero attached hydrogens (tertiary/aromatic N) is 5. The van der Waals surface area contributed by atoms with Crippen LogP contribution in [0.5, 0.6) is 5.75 Å². The minimum Gasteiger partial charge on any atom is -0.486 e. The van der Waals surface area contributed by atoms with Crippen molar-refractivity contribution >= 4 is 23.6 Å². The number of aliphatic hydroxyl groups excluding tert-OH is 1. The number of aliphatic hydroxyl groups is 1. The van der Waals surface area contributed by atoms with E-state index in [1.54, 1.807) is 6.07 Å². The summed E-state index contributed by atoms with van der Waals surface area (Å²) in [5.74, 6) is 2.67. The maximum atomic E-state index is 13.5. The van der Waals surface area contributed by atoms with Crippen LogP contribution in [0.2, 0.25) is 0 Å². The molecule has 2 atom stereocenters. The number of anilines is 2. The number of rotatable bonds is 11. The monoisotopic (exact) mass is 658 g/mol. The number of hydrogen-bond donors (Lipinski definition) is 4. The highest BCUT2D eigenvalue weighted by molar-refractivity contribution is 5.93. The first-order valence-corrected chi connectivity index (χ1v) is 17.4. The molecule has 4 aliphatic rings. The lowest BCUT2D eigenvalue weighted by atomic mass is 9.92. The van der Waals surface area contributed by atoms with Gasteiger partial charge in [0.2, 0.25) is 11.9 Å². The molecule has 0 bridgehead atoms. The van der Waals surface area contributed by atoms with Crippen LogP contribution in [0.25, 0.3) is 0 Å². The molecule has 7 rings (SSSR count). The summed E-state index contributed by atoms with van der Waals surface area (Å²) in [4.78, 5) is 43.7. The summed E-state index contributed by atoms with van der Waals surface area (Å²) in [7, 11) is 0. The second kappa shape index (κ2) is 14.5. The van der Waals surface area contributed by atoms with Crippen molar-refractivity contribution in [3.05, 3.63) is 58.9 Å². The summed E-state index contributed by atoms with van der Waals surface area (Å²) in [6.45, 7) is 5.34. The lowest BCUT2D eigenvalue weighted by Gasteiger charge is -2.35. The van der Waals surface area contributed by atoms with Crippen molar-refractivity contribution in [2.75, 3.05) is 42.9 Å². The standard InChI is InChI=1S/C35H46N8O5/c1-22-31(48-21-38-22)20-47-27-10-9-24-16-28(36-18-25(24)15-27)30(44)19-37-33(45)29-17-32(39-26-5-3-2-4-6-26)41-35(40-29)43-13-11-42(12-14-43)34(46)23-7-8-23/h9-10,15,17,21,23,26,28,30,36,44H,2-8,11-14,16,18-20H2,1H3,(H,37,45)(H,39,40,41)/t28-,30+/m0/s1. The van der Waals surface area contributed by atoms with Crippen molar-refractivity contribution in [3.8, 4) is 5.75 Å². The molecule has 0 radical (unpaired) electrons. The van der Waals surface area contributed by atoms with Crippen LogP contribution >= 0.6 is 0 Å². The van der Waals surface area contributed by atoms with Crippen LogP contribution in [0.1, 0.15) is 78.0 Å². The maximum absolute atomic E-state index is 13.5. The topological polar surface area (TPSA) is 158 Å². The fraction of sp³-hybridized carbons (Fsp3) is 0.571. The van der Waals surface area contributed by atoms with E-state index in [0.717, 1.165) is 48.3 Å². The van der Waals surface area contributed by atoms with Gasteiger partial charge < -0.3 is 40.0 Å². The number of ether oxygens (including phenoxy) is 1. The van der Waals surface area contributed by atoms with Crippen LogP contribution in [0.15, 0.2) is 35.1 Å². The van der Waals surface area contributed by atoms with Gasteiger partial charge in [0.15, 0.2) is 12.2 Å². The Hall–Kier alpha value is -4.23. The Morgan fingerprint density at radius 3 is 2.62 bits per heavy atom. The molecule has 2 aliphatic heterocycles. The summed E-state index contributed by atoms with van der Waals surface area (Å²) in [6, 6.07) is 7.77. The zero-order chi connectivity index (χ0) is 33.0. The van der Waals surface area contributed by atoms with Crippen LogP contribution in [0.4, 0.5) is 11.8 Å². The smallest absolute Gasteiger partial charge is 0.270 e. The van der Waals surface area contributed by atoms with Crippen LogP contribution in [0, 0.1) is 12.8 Å². The van der Waals surface area contributed by atoms with Gasteiger partial charge in [-0.2, -0.15) is 4.98 Å². The fourth-order valence-electron chi connectivity index (χ4n) is 6.86. The van der Waals surface area contributed by atoms with Crippen LogP contribution in [-0.2, 0) is 24.4 Å². The average molecular weight is 659 g/mol. The third-order valence-corrected chi connectivity index (χ3v) is 10.0. The van der Waals surface area contributed by atoms with E-state index in [4.69, 9.17) is 14.1 Å². The minimum absolute atomic E-state index is 0.0796. The van der Waals surface area contributed by atoms with Gasteiger partial charge in [0.05, 0.1) is 11.8 Å². The molecule has 3 aromatic rings. The van der Waals surface area contributed by atoms with Gasteiger partial charge in [-0.25, -0.2) is 9.97 Å². The van der Waals surface area contributed by atoms with Crippen LogP contribution in [0.3, 0.4) is 0 Å². The number of piperazine rings is 1. The Morgan fingerprint density at radius 1 is 1.06 bits per heavy atom. The van der Waals surface area contributed by atoms with E-state index in [0.29, 0.717) is 69.3 Å². The number of fused-ring (bicyclic) bond motifs is 1. The molecule has 2 aliphatic carbocycles. The Labute approximate surface area is 280 Å². The Morgan fingerprint density at radius 2 is 1.88 bits per heavy atom. The Bertz CT molecular complexity index is 1600. The summed E-state index contributed by atoms with van der Waals surface area (Å²) in [5.41, 5.74) is 3.31. The molecule has 13 nitrogen and oxygen atoms in total. The first-order valence-electron chi connectivity index (χ1n) is 17.4. The molecule has 3 fully saturated rings. The molecule has 4 heterocycles. The number of aryl methyl sites for hydroxylation is 1. The Kier molecular flexibility index (Phi) is 9.76. The van der Waals surface area contributed by atoms with Crippen molar-refractivity contribution in [1.82, 2.24) is 30.5 Å². The molecule has 2 aromatic heterocycles. The number of hydrogen-bond acceptors (Lipinski definition) is 11. The van der Waals surface area contributed by atoms with E-state index in [9.17, 15) is 14.7 Å². The van der Waals surface area contributed by atoms with Crippen molar-refractivity contribution in [3.63, 3.8) is 0 Å². The summed E-state index contributed by atoms with van der Waals surface area (Å²) in [5, 5.41) is 21.0. The van der Waals surface area contributed by atoms with Gasteiger partial charge >= 0.3 is 0 Å². The lowest BCUT2D eigenvalue weighted by molar-refractivity contribution is -0.132. The number of nitrogens with one attached hydrogen (secondary N) is 3. The maximum Gasteiger partial charge on any atom is 0.270 e. The highest BCUT2D eigenvalue weighted by Crippen LogP contribution is 2.32. The van der Waals surface area contributed by atoms with Gasteiger partial charge in [-0.3, -0.25) is 9.59 Å². The minimum atomic E-state index is -0.800. The molecule has 4 N–H and O–H groups in total. The second-order valence-corrected chi connectivity index (χ2v) is 13.6. The van der Waals surface area contributed by atoms with Gasteiger partial charge in [0.1, 0.15) is 23.9 Å². The molecule has 2 amide bonds. The van der Waals surface area contributed by atoms with Crippen molar-refractivity contribution in [2.24, 2.45) is 5.92 Å². The van der Waals surface area contributed by atoms with E-state index < -0.39 is 6.10 Å². The highest BCUT2D eigenvalue weighted by Gasteiger charge is 2.35. The van der Waals surface area contributed by atoms with E-state index >= 15 is 0 Å². The number of oxazole rings is 1. The van der Waals surface area contributed by atoms with Crippen LogP contribution < -0.4 is 25.6 Å². The van der Waals surface area contributed by atoms with Crippen molar-refractivity contribution in [1.29, 1.82) is 0 Å². The number of amides is 2. The molecular weight excluding hydrogens is 612 g/mol. The van der Waals surface area contributed by atoms with E-state index in [1.165, 1.54) is 25.7 Å². The van der Waals surface area contributed by atoms with Gasteiger partial charge in [-0.1, -0.05) is 25.3 Å². The van der Waals surface area contributed by atoms with E-state index in [2.05, 4.69) is 30.8 Å². The summed E-state index contributed by atoms with van der Waals surface area (Å²) in [6.07, 6.45) is 8.97. The number of aromatic nitrogens is 3. The zero-order valence-corrected chi connectivity index (χ0v) is 27.6. The number of benzene rings is 1. The lowest BCUT2D eigenvalue weighted by Crippen LogP contribution is -2.50. The normalized spacial score (nSPS) is 20.6. The van der Waals surface area contributed by atoms with Gasteiger partial charge in [-0.15, -0.1) is 0 Å². The predicted octanol–water partition coefficient (Wildman–Crippen LogP) is 2.96. The van der Waals surface area contributed by atoms with E-state index in [-0.39, 0.29) is 36.0 Å². The van der Waals surface area contributed by atoms with E-state index in [1.807, 2.05) is 30.0 Å². The molecule has 2 saturated carbocycles. The number of carbonyl (C=O) groups is 2. The van der Waals surface area contributed by atoms with Gasteiger partial charge in [0, 0.05) is 63.3 Å². The van der Waals surface area contributed by atoms with Crippen molar-refractivity contribution < 1.29 is 23.8 Å². The molecular formula is C35H46N8O5. The molecule has 0 spiro atoms. The van der Waals surface area contributed by atoms with Gasteiger partial charge in [0.25, 0.3) is 5.91 Å². The zero-order valence-electron chi connectivity index (χ0n) is 27.6. The van der Waals surface area contributed by atoms with Crippen molar-refractivity contribution in [2.45, 2.75) is 89.6 Å². The third-order valence-electron chi connectivity index (χ3n) is 10.0. The average Bonchev–Trinajstić information content (AvgIpc) is 3.89. The highest BCUT2D eigenvalue weighted by atomic mass is 16.5. The molecule has 1 aromatic carbocycles. The first kappa shape index (κ1) is 32.3. The van der Waals surface area contributed by atoms with Gasteiger partial charge in [-0.05, 0) is 62.3 Å². The van der Waals surface area contributed by atoms with Crippen LogP contribution in [-0.4, -0.2) is 87.7 Å². The molecule has 48 heavy (non-hydrogen) atoms. The quantitative estimate of drug-likeness (QED) is 0.240. The second-order valence-electron chi connectivity index (χ2n) is 13.6. The predicted molar refractivity (Wildman–Crippen MR) is 179 cm³/mol. The fourth-order valence-corrected chi connectivity index (χ4v) is 6.86. The molecule has 13 heteroatoms. The molecule has 1 saturated heterocycles. The third kappa shape index (κ3) is 7.73. The summed E-state index contributed by atoms with van der Waals surface area (Å²) < 4.78 is 11.3. The Balaban J connectivity index is 0.964. The molecule has 256 valence electrons. The summed E-state index contributed by atoms with van der Waals surface area (Å²) >= 11 is 0. The SMILES string of the molecule is Cc1ncoc1COc1ccc2c(c1)CN[C@H]([C@H](O)CNC(=O)c1cc(NC3CCCCC3)nc(N3CCN(C(=O)C4CC4)CC3)n1)C2. The number of carbonyl (C=O) groups excluding carboxylic acids is 2. The first-order chi connectivity index (χ1) is 23.4. The molecule has 0 unspecified atom stereocenters.